The number of nitrogens with zero attached hydrogens (tertiary/aromatic N) is 2. The number of rotatable bonds is 7. The van der Waals surface area contributed by atoms with E-state index in [2.05, 4.69) is 19.5 Å². The molecule has 1 aromatic carbocycles. The van der Waals surface area contributed by atoms with Gasteiger partial charge in [-0.25, -0.2) is 22.9 Å². The van der Waals surface area contributed by atoms with Gasteiger partial charge in [-0.3, -0.25) is 5.32 Å². The number of benzene rings is 1. The number of halogens is 1. The standard InChI is InChI=1S/C14H15ClN4O7S2/c1-25-12-7-9(8-15)16-13(17-12)18-14(20)19-28(23,24)11-6-4-3-5-10(11)26-27(2,21)22/h3-7H,8H2,1-2H3,(H2,16,17,18,19,20). The van der Waals surface area contributed by atoms with E-state index in [4.69, 9.17) is 16.3 Å². The van der Waals surface area contributed by atoms with Crippen LogP contribution in [-0.2, 0) is 26.0 Å². The molecular weight excluding hydrogens is 436 g/mol. The van der Waals surface area contributed by atoms with E-state index in [0.29, 0.717) is 5.69 Å². The molecule has 2 amide bonds. The minimum Gasteiger partial charge on any atom is -0.481 e. The van der Waals surface area contributed by atoms with E-state index in [-0.39, 0.29) is 17.7 Å². The average Bonchev–Trinajstić information content (AvgIpc) is 2.59. The van der Waals surface area contributed by atoms with E-state index in [1.54, 1.807) is 4.72 Å². The Bertz CT molecular complexity index is 1070. The molecule has 0 bridgehead atoms. The number of ether oxygens (including phenoxy) is 1. The quantitative estimate of drug-likeness (QED) is 0.465. The molecule has 0 aliphatic carbocycles. The number of carbonyl (C=O) groups excluding carboxylic acids is 1. The molecule has 0 saturated heterocycles. The van der Waals surface area contributed by atoms with Crippen LogP contribution in [0.5, 0.6) is 11.6 Å². The van der Waals surface area contributed by atoms with Crippen LogP contribution in [0.15, 0.2) is 35.2 Å². The summed E-state index contributed by atoms with van der Waals surface area (Å²) in [6.07, 6.45) is 0.755. The van der Waals surface area contributed by atoms with Gasteiger partial charge in [-0.15, -0.1) is 11.6 Å². The van der Waals surface area contributed by atoms with Crippen LogP contribution in [0.4, 0.5) is 10.7 Å². The molecule has 152 valence electrons. The lowest BCUT2D eigenvalue weighted by atomic mass is 10.3. The van der Waals surface area contributed by atoms with Crippen molar-refractivity contribution in [2.45, 2.75) is 10.8 Å². The smallest absolute Gasteiger partial charge is 0.335 e. The molecule has 2 N–H and O–H groups in total. The second-order valence-corrected chi connectivity index (χ2v) is 8.65. The molecule has 0 unspecified atom stereocenters. The SMILES string of the molecule is COc1cc(CCl)nc(NC(=O)NS(=O)(=O)c2ccccc2OS(C)(=O)=O)n1. The zero-order valence-corrected chi connectivity index (χ0v) is 16.9. The van der Waals surface area contributed by atoms with Crippen molar-refractivity contribution in [1.82, 2.24) is 14.7 Å². The van der Waals surface area contributed by atoms with Crippen LogP contribution in [-0.4, -0.2) is 46.2 Å². The maximum atomic E-state index is 12.5. The summed E-state index contributed by atoms with van der Waals surface area (Å²) in [5.41, 5.74) is 0.332. The van der Waals surface area contributed by atoms with Crippen molar-refractivity contribution in [3.8, 4) is 11.6 Å². The molecule has 2 aromatic rings. The third-order valence-electron chi connectivity index (χ3n) is 2.93. The molecular formula is C14H15ClN4O7S2. The molecule has 0 fully saturated rings. The second kappa shape index (κ2) is 8.58. The van der Waals surface area contributed by atoms with Crippen LogP contribution < -0.4 is 19.0 Å². The van der Waals surface area contributed by atoms with E-state index >= 15 is 0 Å². The Balaban J connectivity index is 2.25. The van der Waals surface area contributed by atoms with Gasteiger partial charge in [0.25, 0.3) is 10.0 Å². The molecule has 0 radical (unpaired) electrons. The number of urea groups is 1. The lowest BCUT2D eigenvalue weighted by Crippen LogP contribution is -2.35. The first kappa shape index (κ1) is 21.7. The Labute approximate surface area is 166 Å². The predicted molar refractivity (Wildman–Crippen MR) is 99.4 cm³/mol. The number of aromatic nitrogens is 2. The zero-order chi connectivity index (χ0) is 20.9. The monoisotopic (exact) mass is 450 g/mol. The minimum atomic E-state index is -4.48. The normalized spacial score (nSPS) is 11.5. The van der Waals surface area contributed by atoms with Crippen LogP contribution in [0.2, 0.25) is 0 Å². The molecule has 0 spiro atoms. The van der Waals surface area contributed by atoms with Gasteiger partial charge in [-0.2, -0.15) is 13.4 Å². The topological polar surface area (TPSA) is 154 Å². The first-order valence-corrected chi connectivity index (χ1v) is 11.2. The van der Waals surface area contributed by atoms with Crippen LogP contribution in [0.1, 0.15) is 5.69 Å². The van der Waals surface area contributed by atoms with E-state index in [1.165, 1.54) is 25.3 Å². The van der Waals surface area contributed by atoms with Gasteiger partial charge in [0, 0.05) is 6.07 Å². The van der Waals surface area contributed by atoms with Gasteiger partial charge >= 0.3 is 16.1 Å². The summed E-state index contributed by atoms with van der Waals surface area (Å²) in [5, 5.41) is 2.14. The van der Waals surface area contributed by atoms with Crippen LogP contribution in [0.3, 0.4) is 0 Å². The van der Waals surface area contributed by atoms with E-state index in [1.807, 2.05) is 0 Å². The summed E-state index contributed by atoms with van der Waals surface area (Å²) in [6, 6.07) is 5.15. The lowest BCUT2D eigenvalue weighted by Gasteiger charge is -2.12. The fourth-order valence-electron chi connectivity index (χ4n) is 1.91. The van der Waals surface area contributed by atoms with Gasteiger partial charge in [0.2, 0.25) is 11.8 Å². The third-order valence-corrected chi connectivity index (χ3v) is 5.06. The highest BCUT2D eigenvalue weighted by molar-refractivity contribution is 7.90. The summed E-state index contributed by atoms with van der Waals surface area (Å²) >= 11 is 5.69. The van der Waals surface area contributed by atoms with E-state index < -0.39 is 36.8 Å². The number of para-hydroxylation sites is 1. The van der Waals surface area contributed by atoms with Crippen LogP contribution >= 0.6 is 11.6 Å². The average molecular weight is 451 g/mol. The number of sulfonamides is 1. The molecule has 0 aliphatic rings. The predicted octanol–water partition coefficient (Wildman–Crippen LogP) is 1.07. The fraction of sp³-hybridized carbons (Fsp3) is 0.214. The third kappa shape index (κ3) is 5.94. The maximum absolute atomic E-state index is 12.5. The van der Waals surface area contributed by atoms with Gasteiger partial charge in [0.1, 0.15) is 4.90 Å². The number of carbonyl (C=O) groups is 1. The first-order valence-electron chi connectivity index (χ1n) is 7.34. The Kier molecular flexibility index (Phi) is 6.64. The largest absolute Gasteiger partial charge is 0.481 e. The number of hydrogen-bond donors (Lipinski definition) is 2. The van der Waals surface area contributed by atoms with Gasteiger partial charge in [-0.1, -0.05) is 12.1 Å². The lowest BCUT2D eigenvalue weighted by molar-refractivity contribution is 0.256. The fourth-order valence-corrected chi connectivity index (χ4v) is 3.61. The first-order chi connectivity index (χ1) is 13.0. The number of anilines is 1. The number of amides is 2. The molecule has 2 rings (SSSR count). The minimum absolute atomic E-state index is 0.00365. The zero-order valence-electron chi connectivity index (χ0n) is 14.5. The summed E-state index contributed by atoms with van der Waals surface area (Å²) in [4.78, 5) is 19.3. The summed E-state index contributed by atoms with van der Waals surface area (Å²) in [7, 11) is -7.13. The number of alkyl halides is 1. The summed E-state index contributed by atoms with van der Waals surface area (Å²) in [6.45, 7) is 0. The van der Waals surface area contributed by atoms with Crippen molar-refractivity contribution >= 4 is 43.7 Å². The molecule has 11 nitrogen and oxygen atoms in total. The van der Waals surface area contributed by atoms with E-state index in [9.17, 15) is 21.6 Å². The molecule has 0 saturated carbocycles. The van der Waals surface area contributed by atoms with Crippen molar-refractivity contribution < 1.29 is 30.6 Å². The van der Waals surface area contributed by atoms with E-state index in [0.717, 1.165) is 18.4 Å². The molecule has 0 atom stereocenters. The van der Waals surface area contributed by atoms with Gasteiger partial charge < -0.3 is 8.92 Å². The highest BCUT2D eigenvalue weighted by Crippen LogP contribution is 2.24. The molecule has 0 aliphatic heterocycles. The van der Waals surface area contributed by atoms with Gasteiger partial charge in [-0.05, 0) is 12.1 Å². The second-order valence-electron chi connectivity index (χ2n) is 5.15. The molecule has 28 heavy (non-hydrogen) atoms. The van der Waals surface area contributed by atoms with Crippen molar-refractivity contribution in [3.05, 3.63) is 36.0 Å². The molecule has 1 aromatic heterocycles. The van der Waals surface area contributed by atoms with Crippen molar-refractivity contribution in [1.29, 1.82) is 0 Å². The Morgan fingerprint density at radius 2 is 1.86 bits per heavy atom. The van der Waals surface area contributed by atoms with Gasteiger partial charge in [0.05, 0.1) is 24.9 Å². The van der Waals surface area contributed by atoms with Crippen molar-refractivity contribution in [2.75, 3.05) is 18.7 Å². The van der Waals surface area contributed by atoms with Crippen molar-refractivity contribution in [2.24, 2.45) is 0 Å². The molecule has 14 heteroatoms. The number of methoxy groups -OCH3 is 1. The Morgan fingerprint density at radius 1 is 1.18 bits per heavy atom. The van der Waals surface area contributed by atoms with Crippen molar-refractivity contribution in [3.63, 3.8) is 0 Å². The highest BCUT2D eigenvalue weighted by atomic mass is 35.5. The summed E-state index contributed by atoms with van der Waals surface area (Å²) in [5.74, 6) is -0.602. The summed E-state index contributed by atoms with van der Waals surface area (Å²) < 4.78 is 58.8. The van der Waals surface area contributed by atoms with Crippen LogP contribution in [0.25, 0.3) is 0 Å². The number of hydrogen-bond acceptors (Lipinski definition) is 9. The molecule has 1 heterocycles. The van der Waals surface area contributed by atoms with Crippen LogP contribution in [0, 0.1) is 0 Å². The van der Waals surface area contributed by atoms with Gasteiger partial charge in [0.15, 0.2) is 5.75 Å². The highest BCUT2D eigenvalue weighted by Gasteiger charge is 2.24. The number of nitrogens with one attached hydrogen (secondary N) is 2. The Hall–Kier alpha value is -2.64. The maximum Gasteiger partial charge on any atom is 0.335 e. The Morgan fingerprint density at radius 3 is 2.46 bits per heavy atom.